The van der Waals surface area contributed by atoms with Crippen LogP contribution >= 0.6 is 11.8 Å². The highest BCUT2D eigenvalue weighted by Crippen LogP contribution is 2.36. The molecular weight excluding hydrogens is 396 g/mol. The monoisotopic (exact) mass is 416 g/mol. The maximum absolute atomic E-state index is 12.9. The van der Waals surface area contributed by atoms with E-state index in [0.717, 1.165) is 34.4 Å². The van der Waals surface area contributed by atoms with Gasteiger partial charge in [0.15, 0.2) is 5.78 Å². The molecule has 2 heterocycles. The van der Waals surface area contributed by atoms with Crippen molar-refractivity contribution in [2.75, 3.05) is 4.90 Å². The number of thioether (sulfide) groups is 1. The summed E-state index contributed by atoms with van der Waals surface area (Å²) in [6.07, 6.45) is 1.77. The molecule has 1 saturated heterocycles. The Hall–Kier alpha value is -3.38. The van der Waals surface area contributed by atoms with E-state index in [4.69, 9.17) is 0 Å². The number of amides is 2. The molecule has 2 aromatic carbocycles. The third-order valence-corrected chi connectivity index (χ3v) is 5.95. The Morgan fingerprint density at radius 2 is 1.63 bits per heavy atom. The summed E-state index contributed by atoms with van der Waals surface area (Å²) in [5, 5.41) is -0.305. The molecule has 30 heavy (non-hydrogen) atoms. The number of carbonyl (C=O) groups is 3. The van der Waals surface area contributed by atoms with Gasteiger partial charge in [0.25, 0.3) is 11.1 Å². The average molecular weight is 417 g/mol. The summed E-state index contributed by atoms with van der Waals surface area (Å²) >= 11 is 0.942. The van der Waals surface area contributed by atoms with E-state index in [1.54, 1.807) is 43.3 Å². The fraction of sp³-hybridized carbons (Fsp3) is 0.125. The normalized spacial score (nSPS) is 15.3. The predicted molar refractivity (Wildman–Crippen MR) is 120 cm³/mol. The van der Waals surface area contributed by atoms with Crippen LogP contribution in [0.25, 0.3) is 11.8 Å². The lowest BCUT2D eigenvalue weighted by molar-refractivity contribution is -0.113. The van der Waals surface area contributed by atoms with Gasteiger partial charge in [-0.2, -0.15) is 0 Å². The molecule has 1 aliphatic rings. The van der Waals surface area contributed by atoms with Gasteiger partial charge in [-0.1, -0.05) is 30.3 Å². The van der Waals surface area contributed by atoms with E-state index in [-0.39, 0.29) is 16.9 Å². The molecule has 0 radical (unpaired) electrons. The van der Waals surface area contributed by atoms with Gasteiger partial charge in [0.05, 0.1) is 10.6 Å². The number of aryl methyl sites for hydroxylation is 1. The summed E-state index contributed by atoms with van der Waals surface area (Å²) in [4.78, 5) is 38.7. The lowest BCUT2D eigenvalue weighted by Gasteiger charge is -2.11. The van der Waals surface area contributed by atoms with Gasteiger partial charge in [-0.3, -0.25) is 14.4 Å². The van der Waals surface area contributed by atoms with Gasteiger partial charge in [-0.15, -0.1) is 0 Å². The van der Waals surface area contributed by atoms with Crippen LogP contribution in [0.15, 0.2) is 65.6 Å². The zero-order valence-corrected chi connectivity index (χ0v) is 17.7. The van der Waals surface area contributed by atoms with Crippen LogP contribution in [0.2, 0.25) is 0 Å². The smallest absolute Gasteiger partial charge is 0.298 e. The quantitative estimate of drug-likeness (QED) is 0.414. The maximum atomic E-state index is 12.9. The minimum Gasteiger partial charge on any atom is -0.318 e. The SMILES string of the molecule is CC(=O)c1cccc(-n2c(C)cc(C=C3SC(=O)N(c4ccccc4)C3=O)c2C)c1. The number of hydrogen-bond acceptors (Lipinski definition) is 4. The Kier molecular flexibility index (Phi) is 5.18. The summed E-state index contributed by atoms with van der Waals surface area (Å²) in [5.74, 6) is -0.311. The Morgan fingerprint density at radius 1 is 0.933 bits per heavy atom. The second-order valence-electron chi connectivity index (χ2n) is 7.12. The van der Waals surface area contributed by atoms with Gasteiger partial charge in [-0.05, 0) is 74.5 Å². The van der Waals surface area contributed by atoms with Crippen LogP contribution in [-0.2, 0) is 4.79 Å². The average Bonchev–Trinajstić information content (AvgIpc) is 3.17. The van der Waals surface area contributed by atoms with Crippen LogP contribution in [0.5, 0.6) is 0 Å². The lowest BCUT2D eigenvalue weighted by atomic mass is 10.1. The fourth-order valence-corrected chi connectivity index (χ4v) is 4.44. The topological polar surface area (TPSA) is 59.4 Å². The second kappa shape index (κ2) is 7.80. The van der Waals surface area contributed by atoms with Crippen LogP contribution in [0.1, 0.15) is 34.2 Å². The van der Waals surface area contributed by atoms with Crippen LogP contribution in [0.3, 0.4) is 0 Å². The summed E-state index contributed by atoms with van der Waals surface area (Å²) < 4.78 is 2.04. The van der Waals surface area contributed by atoms with Gasteiger partial charge in [0, 0.05) is 22.6 Å². The number of rotatable bonds is 4. The van der Waals surface area contributed by atoms with Crippen molar-refractivity contribution in [1.82, 2.24) is 4.57 Å². The third kappa shape index (κ3) is 3.50. The molecule has 1 fully saturated rings. The van der Waals surface area contributed by atoms with E-state index < -0.39 is 0 Å². The van der Waals surface area contributed by atoms with E-state index in [1.807, 2.05) is 48.7 Å². The molecule has 3 aromatic rings. The summed E-state index contributed by atoms with van der Waals surface area (Å²) in [7, 11) is 0. The molecule has 0 atom stereocenters. The number of anilines is 1. The van der Waals surface area contributed by atoms with Crippen molar-refractivity contribution in [1.29, 1.82) is 0 Å². The number of para-hydroxylation sites is 1. The molecule has 0 unspecified atom stereocenters. The largest absolute Gasteiger partial charge is 0.318 e. The molecule has 150 valence electrons. The minimum absolute atomic E-state index is 0.00845. The number of hydrogen-bond donors (Lipinski definition) is 0. The van der Waals surface area contributed by atoms with Crippen molar-refractivity contribution in [3.8, 4) is 5.69 Å². The highest BCUT2D eigenvalue weighted by Gasteiger charge is 2.36. The predicted octanol–water partition coefficient (Wildman–Crippen LogP) is 5.54. The van der Waals surface area contributed by atoms with E-state index in [9.17, 15) is 14.4 Å². The summed E-state index contributed by atoms with van der Waals surface area (Å²) in [6, 6.07) is 18.3. The fourth-order valence-electron chi connectivity index (χ4n) is 3.60. The molecule has 5 nitrogen and oxygen atoms in total. The molecule has 0 N–H and O–H groups in total. The Labute approximate surface area is 179 Å². The van der Waals surface area contributed by atoms with E-state index in [0.29, 0.717) is 16.2 Å². The first-order chi connectivity index (χ1) is 14.4. The molecule has 0 saturated carbocycles. The van der Waals surface area contributed by atoms with Crippen LogP contribution in [-0.4, -0.2) is 21.5 Å². The Morgan fingerprint density at radius 3 is 2.33 bits per heavy atom. The minimum atomic E-state index is -0.320. The number of aromatic nitrogens is 1. The number of ketones is 1. The standard InChI is InChI=1S/C24H20N2O3S/c1-15-12-19(16(2)25(15)21-11-7-8-18(13-21)17(3)27)14-22-23(28)26(24(29)30-22)20-9-5-4-6-10-20/h4-14H,1-3H3. The molecule has 0 spiro atoms. The van der Waals surface area contributed by atoms with Crippen LogP contribution in [0, 0.1) is 13.8 Å². The molecule has 0 aliphatic carbocycles. The van der Waals surface area contributed by atoms with Crippen molar-refractivity contribution in [3.05, 3.63) is 88.1 Å². The first-order valence-corrected chi connectivity index (χ1v) is 10.3. The molecule has 1 aliphatic heterocycles. The van der Waals surface area contributed by atoms with Gasteiger partial charge < -0.3 is 4.57 Å². The zero-order chi connectivity index (χ0) is 21.4. The number of benzene rings is 2. The second-order valence-corrected chi connectivity index (χ2v) is 8.11. The highest BCUT2D eigenvalue weighted by molar-refractivity contribution is 8.19. The summed E-state index contributed by atoms with van der Waals surface area (Å²) in [6.45, 7) is 5.48. The molecule has 6 heteroatoms. The van der Waals surface area contributed by atoms with Crippen molar-refractivity contribution in [2.45, 2.75) is 20.8 Å². The lowest BCUT2D eigenvalue weighted by Crippen LogP contribution is -2.27. The molecule has 0 bridgehead atoms. The number of imide groups is 1. The number of nitrogens with zero attached hydrogens (tertiary/aromatic N) is 2. The first-order valence-electron chi connectivity index (χ1n) is 9.50. The van der Waals surface area contributed by atoms with E-state index >= 15 is 0 Å². The number of Topliss-reactive ketones (excluding diaryl/α,β-unsaturated/α-hetero) is 1. The highest BCUT2D eigenvalue weighted by atomic mass is 32.2. The molecule has 2 amide bonds. The molecule has 4 rings (SSSR count). The van der Waals surface area contributed by atoms with Crippen LogP contribution in [0.4, 0.5) is 10.5 Å². The van der Waals surface area contributed by atoms with Crippen LogP contribution < -0.4 is 4.90 Å². The third-order valence-electron chi connectivity index (χ3n) is 5.08. The molecule has 1 aromatic heterocycles. The van der Waals surface area contributed by atoms with Crippen molar-refractivity contribution in [3.63, 3.8) is 0 Å². The van der Waals surface area contributed by atoms with E-state index in [2.05, 4.69) is 0 Å². The van der Waals surface area contributed by atoms with Gasteiger partial charge in [0.2, 0.25) is 0 Å². The zero-order valence-electron chi connectivity index (χ0n) is 16.9. The Balaban J connectivity index is 1.71. The van der Waals surface area contributed by atoms with Gasteiger partial charge in [0.1, 0.15) is 0 Å². The first kappa shape index (κ1) is 19.9. The summed E-state index contributed by atoms with van der Waals surface area (Å²) in [5.41, 5.74) is 4.86. The van der Waals surface area contributed by atoms with Gasteiger partial charge >= 0.3 is 0 Å². The maximum Gasteiger partial charge on any atom is 0.298 e. The van der Waals surface area contributed by atoms with Gasteiger partial charge in [-0.25, -0.2) is 4.90 Å². The van der Waals surface area contributed by atoms with Crippen molar-refractivity contribution >= 4 is 40.5 Å². The van der Waals surface area contributed by atoms with Crippen molar-refractivity contribution in [2.24, 2.45) is 0 Å². The van der Waals surface area contributed by atoms with E-state index in [1.165, 1.54) is 4.90 Å². The van der Waals surface area contributed by atoms with Crippen molar-refractivity contribution < 1.29 is 14.4 Å². The number of carbonyl (C=O) groups excluding carboxylic acids is 3. The molecular formula is C24H20N2O3S. The Bertz CT molecular complexity index is 1210.